The molecule has 0 saturated carbocycles. The standard InChI is InChI=1S/C55H42/c1-37(33-54-38(2)49-20-13-14-22-53(49)55(54,3)4)48-19-7-5-6-8-21-50(42-27-23-41(24-28-42)45-29-25-39-15-9-11-17-43(39)34-45)52-36-47(31-32-51(48)52)46-30-26-40-16-10-12-18-44(40)35-46/h5-36H,1-2H2,3-4H3/b6-5?,7-5?,8-6?,19-7?,21-8?,48-19?,50-21?,51-48?,52-50?,54-33+. The minimum Gasteiger partial charge on any atom is -0.0911 e. The normalized spacial score (nSPS) is 13.9. The highest BCUT2D eigenvalue weighted by Crippen LogP contribution is 2.49. The first kappa shape index (κ1) is 34.0. The van der Waals surface area contributed by atoms with E-state index in [2.05, 4.69) is 215 Å². The molecule has 0 bridgehead atoms. The summed E-state index contributed by atoms with van der Waals surface area (Å²) in [5, 5.41) is 7.25. The van der Waals surface area contributed by atoms with Crippen molar-refractivity contribution < 1.29 is 0 Å². The van der Waals surface area contributed by atoms with Gasteiger partial charge in [-0.1, -0.05) is 203 Å². The second kappa shape index (κ2) is 13.9. The van der Waals surface area contributed by atoms with E-state index in [1.54, 1.807) is 0 Å². The van der Waals surface area contributed by atoms with Gasteiger partial charge < -0.3 is 0 Å². The molecule has 8 aromatic rings. The molecule has 0 unspecified atom stereocenters. The molecule has 0 heterocycles. The molecule has 0 aromatic heterocycles. The van der Waals surface area contributed by atoms with Crippen molar-refractivity contribution in [2.45, 2.75) is 19.3 Å². The fourth-order valence-corrected chi connectivity index (χ4v) is 8.38. The molecule has 0 nitrogen and oxygen atoms in total. The Kier molecular flexibility index (Phi) is 8.60. The molecule has 262 valence electrons. The Morgan fingerprint density at radius 2 is 0.927 bits per heavy atom. The van der Waals surface area contributed by atoms with E-state index in [9.17, 15) is 0 Å². The summed E-state index contributed by atoms with van der Waals surface area (Å²) < 4.78 is 0. The topological polar surface area (TPSA) is 0 Å². The average Bonchev–Trinajstić information content (AvgIpc) is 3.42. The van der Waals surface area contributed by atoms with Gasteiger partial charge in [-0.15, -0.1) is 0 Å². The van der Waals surface area contributed by atoms with Gasteiger partial charge in [-0.2, -0.15) is 0 Å². The van der Waals surface area contributed by atoms with Crippen molar-refractivity contribution >= 4 is 43.5 Å². The predicted octanol–water partition coefficient (Wildman–Crippen LogP) is 15.2. The van der Waals surface area contributed by atoms with Crippen LogP contribution in [0.25, 0.3) is 76.8 Å². The quantitative estimate of drug-likeness (QED) is 0.167. The van der Waals surface area contributed by atoms with E-state index < -0.39 is 0 Å². The van der Waals surface area contributed by atoms with Gasteiger partial charge in [0.15, 0.2) is 0 Å². The summed E-state index contributed by atoms with van der Waals surface area (Å²) >= 11 is 0. The van der Waals surface area contributed by atoms with Gasteiger partial charge in [-0.05, 0) is 117 Å². The van der Waals surface area contributed by atoms with Crippen LogP contribution in [0.15, 0.2) is 213 Å². The molecular weight excluding hydrogens is 661 g/mol. The highest BCUT2D eigenvalue weighted by Gasteiger charge is 2.36. The molecule has 55 heavy (non-hydrogen) atoms. The van der Waals surface area contributed by atoms with Crippen molar-refractivity contribution in [1.29, 1.82) is 0 Å². The Labute approximate surface area is 324 Å². The van der Waals surface area contributed by atoms with Gasteiger partial charge in [0, 0.05) is 5.41 Å². The van der Waals surface area contributed by atoms with Gasteiger partial charge >= 0.3 is 0 Å². The largest absolute Gasteiger partial charge is 0.0911 e. The van der Waals surface area contributed by atoms with Crippen LogP contribution in [-0.2, 0) is 5.41 Å². The van der Waals surface area contributed by atoms with Crippen LogP contribution in [-0.4, -0.2) is 0 Å². The minimum atomic E-state index is -0.188. The van der Waals surface area contributed by atoms with Crippen molar-refractivity contribution in [3.8, 4) is 33.4 Å². The van der Waals surface area contributed by atoms with Crippen molar-refractivity contribution in [2.24, 2.45) is 0 Å². The lowest BCUT2D eigenvalue weighted by Gasteiger charge is -2.22. The second-order valence-electron chi connectivity index (χ2n) is 15.1. The van der Waals surface area contributed by atoms with Gasteiger partial charge in [0.25, 0.3) is 0 Å². The Hall–Kier alpha value is -6.76. The smallest absolute Gasteiger partial charge is 0.0158 e. The number of allylic oxidation sites excluding steroid dienone is 4. The van der Waals surface area contributed by atoms with E-state index in [0.29, 0.717) is 0 Å². The molecular formula is C55H42. The second-order valence-corrected chi connectivity index (χ2v) is 15.1. The van der Waals surface area contributed by atoms with Crippen LogP contribution in [0.3, 0.4) is 0 Å². The van der Waals surface area contributed by atoms with Crippen LogP contribution in [0.5, 0.6) is 0 Å². The van der Waals surface area contributed by atoms with E-state index in [4.69, 9.17) is 6.58 Å². The maximum atomic E-state index is 4.75. The van der Waals surface area contributed by atoms with E-state index in [-0.39, 0.29) is 5.41 Å². The molecule has 0 N–H and O–H groups in total. The molecule has 0 atom stereocenters. The van der Waals surface area contributed by atoms with E-state index in [0.717, 1.165) is 38.6 Å². The Balaban J connectivity index is 1.24. The van der Waals surface area contributed by atoms with Crippen LogP contribution in [0.2, 0.25) is 0 Å². The molecule has 0 aliphatic heterocycles. The molecule has 0 saturated heterocycles. The zero-order chi connectivity index (χ0) is 37.5. The summed E-state index contributed by atoms with van der Waals surface area (Å²) in [4.78, 5) is 0. The average molecular weight is 703 g/mol. The lowest BCUT2D eigenvalue weighted by Crippen LogP contribution is -2.15. The summed E-state index contributed by atoms with van der Waals surface area (Å²) in [5.41, 5.74) is 13.7. The number of benzene rings is 7. The molecule has 0 radical (unpaired) electrons. The summed E-state index contributed by atoms with van der Waals surface area (Å²) in [7, 11) is 0. The third-order valence-electron chi connectivity index (χ3n) is 11.4. The van der Waals surface area contributed by atoms with Gasteiger partial charge in [0.2, 0.25) is 0 Å². The van der Waals surface area contributed by atoms with Gasteiger partial charge in [-0.3, -0.25) is 0 Å². The first-order valence-corrected chi connectivity index (χ1v) is 19.0. The van der Waals surface area contributed by atoms with E-state index >= 15 is 0 Å². The minimum absolute atomic E-state index is 0.188. The number of hydrogen-bond acceptors (Lipinski definition) is 0. The zero-order valence-corrected chi connectivity index (χ0v) is 31.4. The lowest BCUT2D eigenvalue weighted by molar-refractivity contribution is 0.661. The van der Waals surface area contributed by atoms with Crippen LogP contribution in [0, 0.1) is 0 Å². The number of rotatable bonds is 5. The Morgan fingerprint density at radius 1 is 0.436 bits per heavy atom. The molecule has 0 spiro atoms. The van der Waals surface area contributed by atoms with Crippen LogP contribution >= 0.6 is 0 Å². The Morgan fingerprint density at radius 3 is 1.60 bits per heavy atom. The van der Waals surface area contributed by atoms with Crippen LogP contribution in [0.4, 0.5) is 0 Å². The molecule has 8 aromatic carbocycles. The molecule has 1 aliphatic carbocycles. The fraction of sp³-hybridized carbons (Fsp3) is 0.0545. The number of hydrogen-bond donors (Lipinski definition) is 0. The fourth-order valence-electron chi connectivity index (χ4n) is 8.38. The van der Waals surface area contributed by atoms with Gasteiger partial charge in [0.05, 0.1) is 0 Å². The van der Waals surface area contributed by atoms with Gasteiger partial charge in [0.1, 0.15) is 0 Å². The molecule has 1 aliphatic rings. The predicted molar refractivity (Wildman–Crippen MR) is 239 cm³/mol. The SMILES string of the molecule is C=C1/C(=C\C(=C)c2ccccccc(-c3ccc(-c4ccc5ccccc5c4)cc3)c3cc(-c4ccc5ccccc5c4)ccc23)C(C)(C)c2ccccc21. The molecule has 0 heteroatoms. The first-order chi connectivity index (χ1) is 26.8. The van der Waals surface area contributed by atoms with Crippen molar-refractivity contribution in [2.75, 3.05) is 0 Å². The monoisotopic (exact) mass is 702 g/mol. The van der Waals surface area contributed by atoms with E-state index in [1.165, 1.54) is 60.5 Å². The van der Waals surface area contributed by atoms with Crippen LogP contribution in [0.1, 0.15) is 30.5 Å². The zero-order valence-electron chi connectivity index (χ0n) is 31.4. The molecule has 0 amide bonds. The maximum absolute atomic E-state index is 4.75. The third-order valence-corrected chi connectivity index (χ3v) is 11.4. The Bertz CT molecular complexity index is 2910. The first-order valence-electron chi connectivity index (χ1n) is 19.0. The maximum Gasteiger partial charge on any atom is 0.0158 e. The van der Waals surface area contributed by atoms with Crippen molar-refractivity contribution in [1.82, 2.24) is 0 Å². The highest BCUT2D eigenvalue weighted by atomic mass is 14.4. The third kappa shape index (κ3) is 6.26. The molecule has 0 fully saturated rings. The van der Waals surface area contributed by atoms with Crippen molar-refractivity contribution in [3.63, 3.8) is 0 Å². The summed E-state index contributed by atoms with van der Waals surface area (Å²) in [6.45, 7) is 13.9. The van der Waals surface area contributed by atoms with Crippen LogP contribution < -0.4 is 0 Å². The lowest BCUT2D eigenvalue weighted by atomic mass is 9.81. The number of fused-ring (bicyclic) bond motifs is 4. The van der Waals surface area contributed by atoms with Gasteiger partial charge in [-0.25, -0.2) is 0 Å². The summed E-state index contributed by atoms with van der Waals surface area (Å²) in [5.74, 6) is 0. The molecule has 9 rings (SSSR count). The van der Waals surface area contributed by atoms with Crippen molar-refractivity contribution in [3.05, 3.63) is 230 Å². The van der Waals surface area contributed by atoms with E-state index in [1.807, 2.05) is 0 Å². The summed E-state index contributed by atoms with van der Waals surface area (Å²) in [6.07, 6.45) is 2.27. The summed E-state index contributed by atoms with van der Waals surface area (Å²) in [6, 6.07) is 68.1. The highest BCUT2D eigenvalue weighted by molar-refractivity contribution is 6.05.